The van der Waals surface area contributed by atoms with Gasteiger partial charge in [-0.2, -0.15) is 0 Å². The first-order valence-corrected chi connectivity index (χ1v) is 8.15. The summed E-state index contributed by atoms with van der Waals surface area (Å²) in [6, 6.07) is 9.76. The number of carbonyl (C=O) groups is 1. The second-order valence-electron chi connectivity index (χ2n) is 6.72. The molecule has 24 heavy (non-hydrogen) atoms. The summed E-state index contributed by atoms with van der Waals surface area (Å²) in [6.07, 6.45) is -1.72. The lowest BCUT2D eigenvalue weighted by Gasteiger charge is -2.32. The van der Waals surface area contributed by atoms with E-state index in [1.54, 1.807) is 0 Å². The highest BCUT2D eigenvalue weighted by atomic mass is 16.8. The average molecular weight is 336 g/mol. The molecule has 0 aliphatic carbocycles. The summed E-state index contributed by atoms with van der Waals surface area (Å²) < 4.78 is 29.2. The number of carbonyl (C=O) groups excluding carboxylic acids is 1. The van der Waals surface area contributed by atoms with Crippen LogP contribution in [0, 0.1) is 0 Å². The van der Waals surface area contributed by atoms with Crippen LogP contribution < -0.4 is 0 Å². The van der Waals surface area contributed by atoms with Gasteiger partial charge in [-0.3, -0.25) is 4.79 Å². The summed E-state index contributed by atoms with van der Waals surface area (Å²) in [7, 11) is 0. The van der Waals surface area contributed by atoms with Crippen molar-refractivity contribution in [2.45, 2.75) is 64.2 Å². The van der Waals surface area contributed by atoms with Gasteiger partial charge in [0.25, 0.3) is 0 Å². The highest BCUT2D eigenvalue weighted by molar-refractivity contribution is 5.66. The molecule has 1 aromatic carbocycles. The third-order valence-corrected chi connectivity index (χ3v) is 4.39. The summed E-state index contributed by atoms with van der Waals surface area (Å²) in [5.41, 5.74) is 0.150. The molecule has 0 amide bonds. The maximum absolute atomic E-state index is 11.6. The summed E-state index contributed by atoms with van der Waals surface area (Å²) in [6.45, 7) is 7.55. The number of hydrogen-bond donors (Lipinski definition) is 0. The molecule has 2 saturated heterocycles. The van der Waals surface area contributed by atoms with E-state index >= 15 is 0 Å². The maximum atomic E-state index is 11.6. The molecule has 4 atom stereocenters. The predicted molar refractivity (Wildman–Crippen MR) is 85.0 cm³/mol. The Morgan fingerprint density at radius 1 is 1.29 bits per heavy atom. The monoisotopic (exact) mass is 336 g/mol. The van der Waals surface area contributed by atoms with Crippen molar-refractivity contribution in [2.24, 2.45) is 0 Å². The van der Waals surface area contributed by atoms with Gasteiger partial charge in [0.2, 0.25) is 0 Å². The van der Waals surface area contributed by atoms with Crippen LogP contribution in [0.2, 0.25) is 0 Å². The van der Waals surface area contributed by atoms with Crippen LogP contribution in [-0.2, 0) is 35.1 Å². The van der Waals surface area contributed by atoms with Crippen LogP contribution in [0.3, 0.4) is 0 Å². The van der Waals surface area contributed by atoms with Gasteiger partial charge < -0.3 is 23.7 Å². The van der Waals surface area contributed by atoms with Crippen LogP contribution >= 0.6 is 0 Å². The Hall–Kier alpha value is -1.47. The Morgan fingerprint density at radius 2 is 2.00 bits per heavy atom. The minimum absolute atomic E-state index is 0.282. The van der Waals surface area contributed by atoms with Crippen LogP contribution in [0.25, 0.3) is 0 Å². The van der Waals surface area contributed by atoms with Gasteiger partial charge in [0.05, 0.1) is 19.3 Å². The zero-order chi connectivity index (χ0) is 17.4. The summed E-state index contributed by atoms with van der Waals surface area (Å²) >= 11 is 0. The molecule has 132 valence electrons. The quantitative estimate of drug-likeness (QED) is 0.787. The fraction of sp³-hybridized carbons (Fsp3) is 0.611. The van der Waals surface area contributed by atoms with Crippen molar-refractivity contribution in [3.63, 3.8) is 0 Å². The molecule has 6 nitrogen and oxygen atoms in total. The molecule has 2 aliphatic heterocycles. The Balaban J connectivity index is 1.77. The SMILES string of the molecule is CC(=O)OC1C(OCc2ccccc2)OC(C)C12COC(C)(C)O2. The van der Waals surface area contributed by atoms with E-state index in [-0.39, 0.29) is 12.7 Å². The van der Waals surface area contributed by atoms with Gasteiger partial charge in [0.15, 0.2) is 23.8 Å². The third-order valence-electron chi connectivity index (χ3n) is 4.39. The Bertz CT molecular complexity index is 586. The highest BCUT2D eigenvalue weighted by Crippen LogP contribution is 2.45. The zero-order valence-electron chi connectivity index (χ0n) is 14.5. The minimum atomic E-state index is -0.865. The molecule has 1 spiro atoms. The molecule has 2 heterocycles. The van der Waals surface area contributed by atoms with Crippen LogP contribution in [-0.4, -0.2) is 42.5 Å². The van der Waals surface area contributed by atoms with Gasteiger partial charge in [0.1, 0.15) is 0 Å². The lowest BCUT2D eigenvalue weighted by atomic mass is 9.94. The summed E-state index contributed by atoms with van der Waals surface area (Å²) in [5, 5.41) is 0. The molecule has 0 aromatic heterocycles. The highest BCUT2D eigenvalue weighted by Gasteiger charge is 2.64. The van der Waals surface area contributed by atoms with Gasteiger partial charge in [-0.15, -0.1) is 0 Å². The number of esters is 1. The van der Waals surface area contributed by atoms with Crippen molar-refractivity contribution in [3.05, 3.63) is 35.9 Å². The first-order valence-electron chi connectivity index (χ1n) is 8.15. The second kappa shape index (κ2) is 6.44. The summed E-state index contributed by atoms with van der Waals surface area (Å²) in [5.74, 6) is -1.16. The fourth-order valence-electron chi connectivity index (χ4n) is 3.21. The van der Waals surface area contributed by atoms with Crippen molar-refractivity contribution >= 4 is 5.97 Å². The molecule has 0 bridgehead atoms. The van der Waals surface area contributed by atoms with Crippen molar-refractivity contribution in [2.75, 3.05) is 6.61 Å². The molecule has 0 saturated carbocycles. The predicted octanol–water partition coefficient (Wildman–Crippen LogP) is 2.40. The van der Waals surface area contributed by atoms with Crippen molar-refractivity contribution in [3.8, 4) is 0 Å². The Kier molecular flexibility index (Phi) is 4.66. The van der Waals surface area contributed by atoms with E-state index in [0.29, 0.717) is 6.61 Å². The fourth-order valence-corrected chi connectivity index (χ4v) is 3.21. The molecule has 0 N–H and O–H groups in total. The number of ether oxygens (including phenoxy) is 5. The first-order chi connectivity index (χ1) is 11.3. The van der Waals surface area contributed by atoms with Crippen LogP contribution in [0.1, 0.15) is 33.3 Å². The van der Waals surface area contributed by atoms with Crippen LogP contribution in [0.4, 0.5) is 0 Å². The van der Waals surface area contributed by atoms with E-state index in [1.807, 2.05) is 51.1 Å². The Morgan fingerprint density at radius 3 is 2.58 bits per heavy atom. The van der Waals surface area contributed by atoms with Gasteiger partial charge in [-0.1, -0.05) is 30.3 Å². The Labute approximate surface area is 142 Å². The summed E-state index contributed by atoms with van der Waals surface area (Å²) in [4.78, 5) is 11.6. The number of rotatable bonds is 4. The van der Waals surface area contributed by atoms with Crippen molar-refractivity contribution in [1.82, 2.24) is 0 Å². The number of benzene rings is 1. The zero-order valence-corrected chi connectivity index (χ0v) is 14.5. The second-order valence-corrected chi connectivity index (χ2v) is 6.72. The third kappa shape index (κ3) is 3.32. The minimum Gasteiger partial charge on any atom is -0.454 e. The topological polar surface area (TPSA) is 63.2 Å². The standard InChI is InChI=1S/C18H24O6/c1-12-18(11-21-17(3,4)24-18)15(23-13(2)19)16(22-12)20-10-14-8-6-5-7-9-14/h5-9,12,15-16H,10-11H2,1-4H3. The smallest absolute Gasteiger partial charge is 0.303 e. The lowest BCUT2D eigenvalue weighted by molar-refractivity contribution is -0.206. The molecule has 3 rings (SSSR count). The number of hydrogen-bond acceptors (Lipinski definition) is 6. The van der Waals surface area contributed by atoms with Crippen molar-refractivity contribution in [1.29, 1.82) is 0 Å². The average Bonchev–Trinajstić information content (AvgIpc) is 2.98. The van der Waals surface area contributed by atoms with Gasteiger partial charge in [-0.25, -0.2) is 0 Å². The largest absolute Gasteiger partial charge is 0.454 e. The lowest BCUT2D eigenvalue weighted by Crippen LogP contribution is -2.52. The van der Waals surface area contributed by atoms with E-state index < -0.39 is 29.8 Å². The van der Waals surface area contributed by atoms with Crippen molar-refractivity contribution < 1.29 is 28.5 Å². The van der Waals surface area contributed by atoms with Gasteiger partial charge >= 0.3 is 5.97 Å². The molecular formula is C18H24O6. The van der Waals surface area contributed by atoms with E-state index in [1.165, 1.54) is 6.92 Å². The molecule has 1 aromatic rings. The molecule has 2 fully saturated rings. The first kappa shape index (κ1) is 17.4. The van der Waals surface area contributed by atoms with E-state index in [9.17, 15) is 4.79 Å². The molecule has 4 unspecified atom stereocenters. The molecule has 0 radical (unpaired) electrons. The molecule has 6 heteroatoms. The van der Waals surface area contributed by atoms with Gasteiger partial charge in [-0.05, 0) is 26.3 Å². The molecular weight excluding hydrogens is 312 g/mol. The van der Waals surface area contributed by atoms with E-state index in [0.717, 1.165) is 5.56 Å². The maximum Gasteiger partial charge on any atom is 0.303 e. The van der Waals surface area contributed by atoms with Crippen LogP contribution in [0.5, 0.6) is 0 Å². The van der Waals surface area contributed by atoms with Gasteiger partial charge in [0, 0.05) is 6.92 Å². The van der Waals surface area contributed by atoms with Crippen LogP contribution in [0.15, 0.2) is 30.3 Å². The van der Waals surface area contributed by atoms with E-state index in [2.05, 4.69) is 0 Å². The normalized spacial score (nSPS) is 34.6. The van der Waals surface area contributed by atoms with E-state index in [4.69, 9.17) is 23.7 Å². The molecule has 2 aliphatic rings.